The monoisotopic (exact) mass is 440 g/mol. The molecule has 1 aliphatic heterocycles. The number of primary amides is 1. The molecule has 1 amide bonds. The number of carbonyl (C=O) groups is 1. The number of aliphatic imine (C=N–C) groups is 1. The average molecular weight is 441 g/mol. The van der Waals surface area contributed by atoms with E-state index in [-0.39, 0.29) is 35.8 Å². The van der Waals surface area contributed by atoms with E-state index < -0.39 is 0 Å². The number of carbonyl (C=O) groups excluding carboxylic acids is 1. The molecule has 0 spiro atoms. The van der Waals surface area contributed by atoms with Gasteiger partial charge in [-0.1, -0.05) is 106 Å². The molecule has 1 heterocycles. The van der Waals surface area contributed by atoms with E-state index in [0.717, 1.165) is 12.0 Å². The molecule has 0 saturated carbocycles. The van der Waals surface area contributed by atoms with E-state index in [9.17, 15) is 4.79 Å². The van der Waals surface area contributed by atoms with Crippen molar-refractivity contribution in [1.82, 2.24) is 0 Å². The van der Waals surface area contributed by atoms with Crippen molar-refractivity contribution < 1.29 is 9.53 Å². The maximum absolute atomic E-state index is 11.8. The van der Waals surface area contributed by atoms with Gasteiger partial charge in [0, 0.05) is 12.3 Å². The van der Waals surface area contributed by atoms with Crippen molar-refractivity contribution in [1.29, 1.82) is 0 Å². The largest absolute Gasteiger partial charge is 0.470 e. The third-order valence-electron chi connectivity index (χ3n) is 6.27. The first-order valence-electron chi connectivity index (χ1n) is 11.5. The topological polar surface area (TPSA) is 64.7 Å². The summed E-state index contributed by atoms with van der Waals surface area (Å²) in [5.74, 6) is 0.137. The Hall–Kier alpha value is -3.40. The molecule has 4 nitrogen and oxygen atoms in total. The highest BCUT2D eigenvalue weighted by atomic mass is 16.5. The number of nitrogens with zero attached hydrogens (tertiary/aromatic N) is 1. The van der Waals surface area contributed by atoms with Gasteiger partial charge in [-0.15, -0.1) is 0 Å². The van der Waals surface area contributed by atoms with E-state index in [0.29, 0.717) is 5.90 Å². The van der Waals surface area contributed by atoms with Crippen molar-refractivity contribution in [2.45, 2.75) is 45.8 Å². The number of benzene rings is 3. The molecule has 0 bridgehead atoms. The van der Waals surface area contributed by atoms with Gasteiger partial charge in [-0.05, 0) is 34.1 Å². The Balaban J connectivity index is 1.65. The summed E-state index contributed by atoms with van der Waals surface area (Å²) in [6, 6.07) is 29.1. The van der Waals surface area contributed by atoms with Gasteiger partial charge in [0.2, 0.25) is 5.91 Å². The molecule has 0 fully saturated rings. The molecule has 3 aromatic rings. The first kappa shape index (κ1) is 22.8. The van der Waals surface area contributed by atoms with Gasteiger partial charge in [0.1, 0.15) is 6.10 Å². The molecule has 0 unspecified atom stereocenters. The normalized spacial score (nSPS) is 18.9. The summed E-state index contributed by atoms with van der Waals surface area (Å²) in [7, 11) is 0. The van der Waals surface area contributed by atoms with Crippen LogP contribution in [0.25, 0.3) is 11.1 Å². The van der Waals surface area contributed by atoms with Crippen molar-refractivity contribution >= 4 is 11.8 Å². The summed E-state index contributed by atoms with van der Waals surface area (Å²) in [6.45, 7) is 6.29. The molecule has 170 valence electrons. The van der Waals surface area contributed by atoms with Gasteiger partial charge in [0.25, 0.3) is 0 Å². The highest BCUT2D eigenvalue weighted by molar-refractivity contribution is 5.87. The number of ether oxygens (including phenoxy) is 1. The van der Waals surface area contributed by atoms with Crippen LogP contribution in [0.5, 0.6) is 0 Å². The highest BCUT2D eigenvalue weighted by Gasteiger charge is 2.40. The van der Waals surface area contributed by atoms with Crippen LogP contribution in [-0.4, -0.2) is 17.8 Å². The van der Waals surface area contributed by atoms with Gasteiger partial charge in [0.15, 0.2) is 5.90 Å². The van der Waals surface area contributed by atoms with Crippen molar-refractivity contribution in [2.24, 2.45) is 22.1 Å². The van der Waals surface area contributed by atoms with Crippen LogP contribution < -0.4 is 5.73 Å². The lowest BCUT2D eigenvalue weighted by molar-refractivity contribution is -0.119. The fourth-order valence-electron chi connectivity index (χ4n) is 4.40. The van der Waals surface area contributed by atoms with Crippen molar-refractivity contribution in [2.75, 3.05) is 0 Å². The molecule has 1 aliphatic rings. The predicted octanol–water partition coefficient (Wildman–Crippen LogP) is 5.97. The zero-order valence-corrected chi connectivity index (χ0v) is 19.6. The summed E-state index contributed by atoms with van der Waals surface area (Å²) in [4.78, 5) is 16.8. The Bertz CT molecular complexity index is 1100. The zero-order chi connectivity index (χ0) is 23.4. The second kappa shape index (κ2) is 9.62. The summed E-state index contributed by atoms with van der Waals surface area (Å²) < 4.78 is 6.51. The highest BCUT2D eigenvalue weighted by Crippen LogP contribution is 2.39. The van der Waals surface area contributed by atoms with Crippen molar-refractivity contribution in [3.63, 3.8) is 0 Å². The second-order valence-electron chi connectivity index (χ2n) is 9.84. The lowest BCUT2D eigenvalue weighted by Gasteiger charge is -2.29. The van der Waals surface area contributed by atoms with E-state index in [4.69, 9.17) is 15.5 Å². The van der Waals surface area contributed by atoms with Crippen LogP contribution in [0.1, 0.15) is 44.4 Å². The average Bonchev–Trinajstić information content (AvgIpc) is 3.21. The SMILES string of the molecule is CC(C)(C)[C@H](CC(N)=O)C1=N[C@@H](Cc2ccccc2)[C@H](c2ccc(-c3ccccc3)cc2)O1. The molecule has 33 heavy (non-hydrogen) atoms. The Labute approximate surface area is 196 Å². The number of nitrogens with two attached hydrogens (primary N) is 1. The van der Waals surface area contributed by atoms with Gasteiger partial charge >= 0.3 is 0 Å². The van der Waals surface area contributed by atoms with Crippen molar-refractivity contribution in [3.05, 3.63) is 96.1 Å². The molecule has 4 heteroatoms. The molecule has 0 radical (unpaired) electrons. The van der Waals surface area contributed by atoms with Crippen LogP contribution in [0.2, 0.25) is 0 Å². The lowest BCUT2D eigenvalue weighted by atomic mass is 9.78. The minimum atomic E-state index is -0.337. The molecular weight excluding hydrogens is 408 g/mol. The quantitative estimate of drug-likeness (QED) is 0.492. The Morgan fingerprint density at radius 2 is 1.48 bits per heavy atom. The van der Waals surface area contributed by atoms with E-state index in [1.54, 1.807) is 0 Å². The number of hydrogen-bond donors (Lipinski definition) is 1. The summed E-state index contributed by atoms with van der Waals surface area (Å²) >= 11 is 0. The van der Waals surface area contributed by atoms with Crippen LogP contribution in [0.3, 0.4) is 0 Å². The summed E-state index contributed by atoms with van der Waals surface area (Å²) in [6.07, 6.45) is 0.783. The van der Waals surface area contributed by atoms with E-state index >= 15 is 0 Å². The van der Waals surface area contributed by atoms with Gasteiger partial charge in [0.05, 0.1) is 6.04 Å². The van der Waals surface area contributed by atoms with Crippen LogP contribution in [0.15, 0.2) is 89.9 Å². The molecule has 0 saturated heterocycles. The van der Waals surface area contributed by atoms with Gasteiger partial charge in [-0.2, -0.15) is 0 Å². The smallest absolute Gasteiger partial charge is 0.218 e. The maximum Gasteiger partial charge on any atom is 0.218 e. The Kier molecular flexibility index (Phi) is 6.64. The predicted molar refractivity (Wildman–Crippen MR) is 134 cm³/mol. The Morgan fingerprint density at radius 3 is 2.06 bits per heavy atom. The fourth-order valence-corrected chi connectivity index (χ4v) is 4.40. The summed E-state index contributed by atoms with van der Waals surface area (Å²) in [5.41, 5.74) is 10.0. The van der Waals surface area contributed by atoms with Crippen LogP contribution in [-0.2, 0) is 16.0 Å². The number of hydrogen-bond acceptors (Lipinski definition) is 3. The standard InChI is InChI=1S/C29H32N2O2/c1-29(2,3)24(19-26(30)32)28-31-25(18-20-10-6-4-7-11-20)27(33-28)23-16-14-22(15-17-23)21-12-8-5-9-13-21/h4-17,24-25,27H,18-19H2,1-3H3,(H2,30,32)/t24-,25+,27+/m1/s1. The Morgan fingerprint density at radius 1 is 0.909 bits per heavy atom. The molecule has 3 aromatic carbocycles. The zero-order valence-electron chi connectivity index (χ0n) is 19.6. The fraction of sp³-hybridized carbons (Fsp3) is 0.310. The van der Waals surface area contributed by atoms with E-state index in [2.05, 4.69) is 69.3 Å². The van der Waals surface area contributed by atoms with Crippen LogP contribution in [0, 0.1) is 11.3 Å². The van der Waals surface area contributed by atoms with Gasteiger partial charge < -0.3 is 10.5 Å². The third-order valence-corrected chi connectivity index (χ3v) is 6.27. The van der Waals surface area contributed by atoms with E-state index in [1.165, 1.54) is 16.7 Å². The minimum absolute atomic E-state index is 0.0669. The van der Waals surface area contributed by atoms with E-state index in [1.807, 2.05) is 36.4 Å². The first-order chi connectivity index (χ1) is 15.8. The molecule has 4 rings (SSSR count). The third kappa shape index (κ3) is 5.51. The second-order valence-corrected chi connectivity index (χ2v) is 9.84. The molecule has 0 aromatic heterocycles. The lowest BCUT2D eigenvalue weighted by Crippen LogP contribution is -2.33. The number of amides is 1. The molecule has 2 N–H and O–H groups in total. The van der Waals surface area contributed by atoms with Gasteiger partial charge in [-0.3, -0.25) is 4.79 Å². The first-order valence-corrected chi connectivity index (χ1v) is 11.5. The summed E-state index contributed by atoms with van der Waals surface area (Å²) in [5, 5.41) is 0. The van der Waals surface area contributed by atoms with Gasteiger partial charge in [-0.25, -0.2) is 4.99 Å². The molecular formula is C29H32N2O2. The van der Waals surface area contributed by atoms with Crippen molar-refractivity contribution in [3.8, 4) is 11.1 Å². The molecule has 3 atom stereocenters. The maximum atomic E-state index is 11.8. The number of rotatable bonds is 7. The van der Waals surface area contributed by atoms with Crippen LogP contribution >= 0.6 is 0 Å². The minimum Gasteiger partial charge on any atom is -0.470 e. The molecule has 0 aliphatic carbocycles. The van der Waals surface area contributed by atoms with Crippen LogP contribution in [0.4, 0.5) is 0 Å².